The third kappa shape index (κ3) is 3.24. The molecule has 0 spiro atoms. The number of hydrogen-bond acceptors (Lipinski definition) is 6. The molecule has 2 aromatic rings. The SMILES string of the molecule is Cc1ccc(Oc2nc(N)nc(N3CCCC3)n2)c(Br)c1. The molecule has 0 atom stereocenters. The van der Waals surface area contributed by atoms with Crippen LogP contribution in [0.2, 0.25) is 0 Å². The van der Waals surface area contributed by atoms with E-state index in [4.69, 9.17) is 10.5 Å². The lowest BCUT2D eigenvalue weighted by Crippen LogP contribution is -2.21. The van der Waals surface area contributed by atoms with Gasteiger partial charge in [0.25, 0.3) is 0 Å². The Hall–Kier alpha value is -1.89. The predicted molar refractivity (Wildman–Crippen MR) is 84.6 cm³/mol. The summed E-state index contributed by atoms with van der Waals surface area (Å²) in [6.45, 7) is 3.90. The molecule has 1 aliphatic heterocycles. The fourth-order valence-electron chi connectivity index (χ4n) is 2.25. The highest BCUT2D eigenvalue weighted by atomic mass is 79.9. The smallest absolute Gasteiger partial charge is 0.328 e. The molecule has 7 heteroatoms. The van der Waals surface area contributed by atoms with Gasteiger partial charge < -0.3 is 15.4 Å². The molecule has 2 heterocycles. The Kier molecular flexibility index (Phi) is 3.92. The average molecular weight is 350 g/mol. The van der Waals surface area contributed by atoms with E-state index < -0.39 is 0 Å². The van der Waals surface area contributed by atoms with Crippen LogP contribution in [0.1, 0.15) is 18.4 Å². The molecule has 1 aliphatic rings. The number of anilines is 2. The minimum atomic E-state index is 0.171. The zero-order valence-electron chi connectivity index (χ0n) is 11.7. The molecular formula is C14H16BrN5O. The van der Waals surface area contributed by atoms with Gasteiger partial charge in [-0.25, -0.2) is 0 Å². The number of benzene rings is 1. The van der Waals surface area contributed by atoms with E-state index in [0.717, 1.165) is 36.0 Å². The van der Waals surface area contributed by atoms with E-state index in [0.29, 0.717) is 11.7 Å². The van der Waals surface area contributed by atoms with Gasteiger partial charge in [-0.3, -0.25) is 0 Å². The van der Waals surface area contributed by atoms with Crippen LogP contribution in [0, 0.1) is 6.92 Å². The highest BCUT2D eigenvalue weighted by molar-refractivity contribution is 9.10. The summed E-state index contributed by atoms with van der Waals surface area (Å²) in [5.74, 6) is 1.40. The Labute approximate surface area is 131 Å². The molecule has 1 aromatic heterocycles. The van der Waals surface area contributed by atoms with E-state index in [-0.39, 0.29) is 12.0 Å². The highest BCUT2D eigenvalue weighted by Gasteiger charge is 2.17. The van der Waals surface area contributed by atoms with E-state index in [9.17, 15) is 0 Å². The quantitative estimate of drug-likeness (QED) is 0.917. The molecule has 3 rings (SSSR count). The van der Waals surface area contributed by atoms with Crippen LogP contribution >= 0.6 is 15.9 Å². The van der Waals surface area contributed by atoms with Gasteiger partial charge in [-0.05, 0) is 53.4 Å². The number of hydrogen-bond donors (Lipinski definition) is 1. The fraction of sp³-hybridized carbons (Fsp3) is 0.357. The van der Waals surface area contributed by atoms with Gasteiger partial charge >= 0.3 is 6.01 Å². The van der Waals surface area contributed by atoms with Crippen molar-refractivity contribution in [2.45, 2.75) is 19.8 Å². The average Bonchev–Trinajstić information content (AvgIpc) is 2.95. The number of aromatic nitrogens is 3. The molecule has 0 aliphatic carbocycles. The summed E-state index contributed by atoms with van der Waals surface area (Å²) in [7, 11) is 0. The van der Waals surface area contributed by atoms with E-state index in [1.807, 2.05) is 25.1 Å². The maximum absolute atomic E-state index is 5.76. The van der Waals surface area contributed by atoms with Crippen molar-refractivity contribution in [3.63, 3.8) is 0 Å². The first-order chi connectivity index (χ1) is 10.1. The summed E-state index contributed by atoms with van der Waals surface area (Å²) in [6.07, 6.45) is 2.29. The monoisotopic (exact) mass is 349 g/mol. The normalized spacial score (nSPS) is 14.5. The molecule has 21 heavy (non-hydrogen) atoms. The number of nitrogens with zero attached hydrogens (tertiary/aromatic N) is 4. The largest absolute Gasteiger partial charge is 0.423 e. The van der Waals surface area contributed by atoms with Crippen LogP contribution in [0.15, 0.2) is 22.7 Å². The van der Waals surface area contributed by atoms with Gasteiger partial charge in [-0.2, -0.15) is 15.0 Å². The summed E-state index contributed by atoms with van der Waals surface area (Å²) >= 11 is 3.47. The number of rotatable bonds is 3. The van der Waals surface area contributed by atoms with Gasteiger partial charge in [0.1, 0.15) is 5.75 Å². The maximum atomic E-state index is 5.76. The van der Waals surface area contributed by atoms with Crippen LogP contribution in [-0.4, -0.2) is 28.0 Å². The van der Waals surface area contributed by atoms with Gasteiger partial charge in [0.05, 0.1) is 4.47 Å². The number of nitrogen functional groups attached to an aromatic ring is 1. The van der Waals surface area contributed by atoms with Gasteiger partial charge in [0.2, 0.25) is 11.9 Å². The van der Waals surface area contributed by atoms with Crippen molar-refractivity contribution in [3.05, 3.63) is 28.2 Å². The van der Waals surface area contributed by atoms with Gasteiger partial charge in [-0.15, -0.1) is 0 Å². The molecule has 1 aromatic carbocycles. The molecule has 0 saturated carbocycles. The molecule has 0 radical (unpaired) electrons. The second-order valence-electron chi connectivity index (χ2n) is 5.01. The molecular weight excluding hydrogens is 334 g/mol. The van der Waals surface area contributed by atoms with Crippen LogP contribution < -0.4 is 15.4 Å². The zero-order valence-corrected chi connectivity index (χ0v) is 13.3. The first-order valence-corrected chi connectivity index (χ1v) is 7.61. The first kappa shape index (κ1) is 14.1. The fourth-order valence-corrected chi connectivity index (χ4v) is 2.83. The Morgan fingerprint density at radius 2 is 1.95 bits per heavy atom. The topological polar surface area (TPSA) is 77.2 Å². The second kappa shape index (κ2) is 5.85. The molecule has 6 nitrogen and oxygen atoms in total. The molecule has 110 valence electrons. The van der Waals surface area contributed by atoms with Crippen molar-refractivity contribution in [1.29, 1.82) is 0 Å². The number of aryl methyl sites for hydroxylation is 1. The molecule has 0 unspecified atom stereocenters. The molecule has 1 saturated heterocycles. The Balaban J connectivity index is 1.87. The van der Waals surface area contributed by atoms with Crippen molar-refractivity contribution in [1.82, 2.24) is 15.0 Å². The summed E-state index contributed by atoms with van der Waals surface area (Å²) in [5, 5.41) is 0. The molecule has 0 amide bonds. The Morgan fingerprint density at radius 1 is 1.19 bits per heavy atom. The zero-order chi connectivity index (χ0) is 14.8. The minimum absolute atomic E-state index is 0.171. The Morgan fingerprint density at radius 3 is 2.67 bits per heavy atom. The van der Waals surface area contributed by atoms with Gasteiger partial charge in [-0.1, -0.05) is 6.07 Å². The third-order valence-electron chi connectivity index (χ3n) is 3.30. The van der Waals surface area contributed by atoms with Crippen LogP contribution in [0.3, 0.4) is 0 Å². The second-order valence-corrected chi connectivity index (χ2v) is 5.86. The lowest BCUT2D eigenvalue weighted by molar-refractivity contribution is 0.438. The standard InChI is InChI=1S/C14H16BrN5O/c1-9-4-5-11(10(15)8-9)21-14-18-12(16)17-13(19-14)20-6-2-3-7-20/h4-5,8H,2-3,6-7H2,1H3,(H2,16,17,18,19). The molecule has 0 bridgehead atoms. The maximum Gasteiger partial charge on any atom is 0.328 e. The highest BCUT2D eigenvalue weighted by Crippen LogP contribution is 2.29. The van der Waals surface area contributed by atoms with Gasteiger partial charge in [0.15, 0.2) is 0 Å². The summed E-state index contributed by atoms with van der Waals surface area (Å²) in [4.78, 5) is 14.7. The summed E-state index contributed by atoms with van der Waals surface area (Å²) in [6, 6.07) is 6.02. The predicted octanol–water partition coefficient (Wildman–Crippen LogP) is 2.92. The van der Waals surface area contributed by atoms with E-state index in [1.54, 1.807) is 0 Å². The van der Waals surface area contributed by atoms with Crippen molar-refractivity contribution in [2.75, 3.05) is 23.7 Å². The summed E-state index contributed by atoms with van der Waals surface area (Å²) < 4.78 is 6.58. The number of nitrogens with two attached hydrogens (primary N) is 1. The van der Waals surface area contributed by atoms with Crippen LogP contribution in [0.5, 0.6) is 11.8 Å². The van der Waals surface area contributed by atoms with Gasteiger partial charge in [0, 0.05) is 13.1 Å². The molecule has 2 N–H and O–H groups in total. The van der Waals surface area contributed by atoms with Crippen LogP contribution in [-0.2, 0) is 0 Å². The number of ether oxygens (including phenoxy) is 1. The van der Waals surface area contributed by atoms with E-state index >= 15 is 0 Å². The first-order valence-electron chi connectivity index (χ1n) is 6.82. The van der Waals surface area contributed by atoms with Crippen molar-refractivity contribution in [2.24, 2.45) is 0 Å². The Bertz CT molecular complexity index is 658. The van der Waals surface area contributed by atoms with Crippen molar-refractivity contribution in [3.8, 4) is 11.8 Å². The molecule has 1 fully saturated rings. The number of halogens is 1. The lowest BCUT2D eigenvalue weighted by atomic mass is 10.2. The van der Waals surface area contributed by atoms with E-state index in [1.165, 1.54) is 0 Å². The lowest BCUT2D eigenvalue weighted by Gasteiger charge is -2.15. The van der Waals surface area contributed by atoms with Crippen LogP contribution in [0.4, 0.5) is 11.9 Å². The van der Waals surface area contributed by atoms with Crippen LogP contribution in [0.25, 0.3) is 0 Å². The van der Waals surface area contributed by atoms with Crippen molar-refractivity contribution < 1.29 is 4.74 Å². The summed E-state index contributed by atoms with van der Waals surface area (Å²) in [5.41, 5.74) is 6.90. The van der Waals surface area contributed by atoms with Crippen molar-refractivity contribution >= 4 is 27.8 Å². The van der Waals surface area contributed by atoms with E-state index in [2.05, 4.69) is 35.8 Å². The minimum Gasteiger partial charge on any atom is -0.423 e. The third-order valence-corrected chi connectivity index (χ3v) is 3.92.